The Balaban J connectivity index is 2.85. The minimum atomic E-state index is -4.24. The quantitative estimate of drug-likeness (QED) is 0.890. The molecule has 1 rings (SSSR count). The van der Waals surface area contributed by atoms with Gasteiger partial charge in [0.2, 0.25) is 0 Å². The van der Waals surface area contributed by atoms with E-state index in [1.54, 1.807) is 13.8 Å². The summed E-state index contributed by atoms with van der Waals surface area (Å²) < 4.78 is 37.4. The number of carboxylic acids is 1. The molecular formula is C10H13F3N2O2. The van der Waals surface area contributed by atoms with Gasteiger partial charge in [0.15, 0.2) is 0 Å². The van der Waals surface area contributed by atoms with Crippen LogP contribution in [0, 0.1) is 13.8 Å². The van der Waals surface area contributed by atoms with Crippen LogP contribution in [-0.2, 0) is 17.8 Å². The lowest BCUT2D eigenvalue weighted by molar-refractivity contribution is -0.138. The lowest BCUT2D eigenvalue weighted by Gasteiger charge is -2.07. The SMILES string of the molecule is Cc1nn(CCC(F)(F)F)c(C)c1CC(=O)O. The summed E-state index contributed by atoms with van der Waals surface area (Å²) in [5.41, 5.74) is 1.43. The van der Waals surface area contributed by atoms with Crippen LogP contribution >= 0.6 is 0 Å². The second-order valence-corrected chi connectivity index (χ2v) is 3.81. The molecule has 0 bridgehead atoms. The van der Waals surface area contributed by atoms with Crippen LogP contribution in [0.25, 0.3) is 0 Å². The van der Waals surface area contributed by atoms with Crippen LogP contribution in [0.2, 0.25) is 0 Å². The average molecular weight is 250 g/mol. The van der Waals surface area contributed by atoms with E-state index in [1.807, 2.05) is 0 Å². The van der Waals surface area contributed by atoms with E-state index in [0.29, 0.717) is 17.0 Å². The summed E-state index contributed by atoms with van der Waals surface area (Å²) in [7, 11) is 0. The van der Waals surface area contributed by atoms with E-state index in [9.17, 15) is 18.0 Å². The van der Waals surface area contributed by atoms with Crippen LogP contribution in [0.3, 0.4) is 0 Å². The number of aliphatic carboxylic acids is 1. The predicted molar refractivity (Wildman–Crippen MR) is 53.7 cm³/mol. The van der Waals surface area contributed by atoms with Crippen molar-refractivity contribution in [2.75, 3.05) is 0 Å². The molecule has 96 valence electrons. The maximum Gasteiger partial charge on any atom is 0.390 e. The molecule has 17 heavy (non-hydrogen) atoms. The van der Waals surface area contributed by atoms with Crippen molar-refractivity contribution in [3.63, 3.8) is 0 Å². The van der Waals surface area contributed by atoms with Gasteiger partial charge in [0, 0.05) is 17.8 Å². The number of hydrogen-bond acceptors (Lipinski definition) is 2. The molecule has 7 heteroatoms. The van der Waals surface area contributed by atoms with E-state index in [0.717, 1.165) is 0 Å². The Morgan fingerprint density at radius 3 is 2.47 bits per heavy atom. The molecule has 1 N–H and O–H groups in total. The van der Waals surface area contributed by atoms with Gasteiger partial charge in [-0.05, 0) is 13.8 Å². The van der Waals surface area contributed by atoms with E-state index in [1.165, 1.54) is 4.68 Å². The van der Waals surface area contributed by atoms with Crippen LogP contribution in [-0.4, -0.2) is 27.0 Å². The molecule has 4 nitrogen and oxygen atoms in total. The van der Waals surface area contributed by atoms with Crippen molar-refractivity contribution in [3.05, 3.63) is 17.0 Å². The van der Waals surface area contributed by atoms with Crippen molar-refractivity contribution in [2.45, 2.75) is 39.4 Å². The number of rotatable bonds is 4. The third kappa shape index (κ3) is 3.76. The van der Waals surface area contributed by atoms with Crippen molar-refractivity contribution < 1.29 is 23.1 Å². The Kier molecular flexibility index (Phi) is 3.79. The molecule has 1 heterocycles. The van der Waals surface area contributed by atoms with Crippen molar-refractivity contribution in [2.24, 2.45) is 0 Å². The van der Waals surface area contributed by atoms with Crippen LogP contribution in [0.4, 0.5) is 13.2 Å². The molecule has 0 aromatic carbocycles. The van der Waals surface area contributed by atoms with E-state index in [4.69, 9.17) is 5.11 Å². The lowest BCUT2D eigenvalue weighted by atomic mass is 10.1. The summed E-state index contributed by atoms with van der Waals surface area (Å²) in [4.78, 5) is 10.6. The van der Waals surface area contributed by atoms with Crippen LogP contribution in [0.1, 0.15) is 23.4 Å². The Morgan fingerprint density at radius 2 is 2.00 bits per heavy atom. The highest BCUT2D eigenvalue weighted by Gasteiger charge is 2.27. The van der Waals surface area contributed by atoms with Gasteiger partial charge in [0.25, 0.3) is 0 Å². The van der Waals surface area contributed by atoms with Gasteiger partial charge in [-0.15, -0.1) is 0 Å². The van der Waals surface area contributed by atoms with Crippen LogP contribution in [0.5, 0.6) is 0 Å². The fourth-order valence-electron chi connectivity index (χ4n) is 1.59. The standard InChI is InChI=1S/C10H13F3N2O2/c1-6-8(5-9(16)17)7(2)15(14-6)4-3-10(11,12)13/h3-5H2,1-2H3,(H,16,17). The number of alkyl halides is 3. The molecule has 0 fully saturated rings. The second-order valence-electron chi connectivity index (χ2n) is 3.81. The van der Waals surface area contributed by atoms with Crippen molar-refractivity contribution in [3.8, 4) is 0 Å². The monoisotopic (exact) mass is 250 g/mol. The van der Waals surface area contributed by atoms with Gasteiger partial charge in [0.05, 0.1) is 18.5 Å². The van der Waals surface area contributed by atoms with E-state index in [2.05, 4.69) is 5.10 Å². The molecule has 0 amide bonds. The molecule has 0 saturated carbocycles. The van der Waals surface area contributed by atoms with Gasteiger partial charge < -0.3 is 5.11 Å². The van der Waals surface area contributed by atoms with E-state index < -0.39 is 18.6 Å². The number of carboxylic acid groups (broad SMARTS) is 1. The number of aryl methyl sites for hydroxylation is 2. The summed E-state index contributed by atoms with van der Waals surface area (Å²) in [5.74, 6) is -1.02. The first-order valence-electron chi connectivity index (χ1n) is 5.02. The number of halogens is 3. The maximum absolute atomic E-state index is 12.1. The summed E-state index contributed by atoms with van der Waals surface area (Å²) in [5, 5.41) is 12.6. The Bertz CT molecular complexity index is 424. The topological polar surface area (TPSA) is 55.1 Å². The minimum Gasteiger partial charge on any atom is -0.481 e. The Morgan fingerprint density at radius 1 is 1.41 bits per heavy atom. The molecule has 0 aliphatic carbocycles. The second kappa shape index (κ2) is 4.77. The zero-order valence-corrected chi connectivity index (χ0v) is 9.51. The van der Waals surface area contributed by atoms with Crippen molar-refractivity contribution >= 4 is 5.97 Å². The maximum atomic E-state index is 12.1. The molecule has 0 saturated heterocycles. The first-order valence-corrected chi connectivity index (χ1v) is 5.02. The Hall–Kier alpha value is -1.53. The van der Waals surface area contributed by atoms with Crippen LogP contribution < -0.4 is 0 Å². The van der Waals surface area contributed by atoms with Crippen molar-refractivity contribution in [1.82, 2.24) is 9.78 Å². The van der Waals surface area contributed by atoms with Gasteiger partial charge >= 0.3 is 12.1 Å². The van der Waals surface area contributed by atoms with Gasteiger partial charge in [-0.25, -0.2) is 0 Å². The molecule has 0 spiro atoms. The van der Waals surface area contributed by atoms with E-state index >= 15 is 0 Å². The van der Waals surface area contributed by atoms with Gasteiger partial charge in [0.1, 0.15) is 0 Å². The summed E-state index contributed by atoms with van der Waals surface area (Å²) in [6.45, 7) is 2.89. The number of hydrogen-bond donors (Lipinski definition) is 1. The smallest absolute Gasteiger partial charge is 0.390 e. The molecule has 1 aromatic heterocycles. The molecular weight excluding hydrogens is 237 g/mol. The molecule has 0 aliphatic rings. The fourth-order valence-corrected chi connectivity index (χ4v) is 1.59. The first-order chi connectivity index (χ1) is 7.70. The number of nitrogens with zero attached hydrogens (tertiary/aromatic N) is 2. The molecule has 0 atom stereocenters. The van der Waals surface area contributed by atoms with Gasteiger partial charge in [-0.3, -0.25) is 9.48 Å². The number of aromatic nitrogens is 2. The summed E-state index contributed by atoms with van der Waals surface area (Å²) >= 11 is 0. The lowest BCUT2D eigenvalue weighted by Crippen LogP contribution is -2.14. The molecule has 0 unspecified atom stereocenters. The zero-order chi connectivity index (χ0) is 13.2. The Labute approximate surface area is 96.0 Å². The number of carbonyl (C=O) groups is 1. The van der Waals surface area contributed by atoms with E-state index in [-0.39, 0.29) is 13.0 Å². The first kappa shape index (κ1) is 13.5. The minimum absolute atomic E-state index is 0.219. The highest BCUT2D eigenvalue weighted by Crippen LogP contribution is 2.22. The summed E-state index contributed by atoms with van der Waals surface area (Å²) in [6.07, 6.45) is -5.43. The predicted octanol–water partition coefficient (Wildman–Crippen LogP) is 2.08. The highest BCUT2D eigenvalue weighted by molar-refractivity contribution is 5.70. The molecule has 0 radical (unpaired) electrons. The van der Waals surface area contributed by atoms with Gasteiger partial charge in [-0.1, -0.05) is 0 Å². The molecule has 1 aromatic rings. The largest absolute Gasteiger partial charge is 0.481 e. The van der Waals surface area contributed by atoms with Gasteiger partial charge in [-0.2, -0.15) is 18.3 Å². The third-order valence-corrected chi connectivity index (χ3v) is 2.47. The van der Waals surface area contributed by atoms with Crippen LogP contribution in [0.15, 0.2) is 0 Å². The van der Waals surface area contributed by atoms with Crippen molar-refractivity contribution in [1.29, 1.82) is 0 Å². The fraction of sp³-hybridized carbons (Fsp3) is 0.600. The average Bonchev–Trinajstić information content (AvgIpc) is 2.41. The highest BCUT2D eigenvalue weighted by atomic mass is 19.4. The summed E-state index contributed by atoms with van der Waals surface area (Å²) in [6, 6.07) is 0. The zero-order valence-electron chi connectivity index (χ0n) is 9.51. The third-order valence-electron chi connectivity index (χ3n) is 2.47. The normalized spacial score (nSPS) is 11.8. The molecule has 0 aliphatic heterocycles.